The van der Waals surface area contributed by atoms with Crippen LogP contribution in [0.15, 0.2) is 24.3 Å². The second-order valence-corrected chi connectivity index (χ2v) is 24.9. The average Bonchev–Trinajstić information content (AvgIpc) is 3.45. The summed E-state index contributed by atoms with van der Waals surface area (Å²) in [7, 11) is 0. The predicted molar refractivity (Wildman–Crippen MR) is 347 cm³/mol. The first-order valence-electron chi connectivity index (χ1n) is 36.1. The Labute approximate surface area is 494 Å². The minimum atomic E-state index is -0.840. The first-order chi connectivity index (χ1) is 39.0. The topological polar surface area (TPSA) is 95.9 Å². The summed E-state index contributed by atoms with van der Waals surface area (Å²) in [5.74, 6) is -0.0436. The van der Waals surface area contributed by atoms with E-state index in [0.717, 1.165) is 44.9 Å². The fraction of sp³-hybridized carbons (Fsp3) is 0.918. The molecule has 0 fully saturated rings. The van der Waals surface area contributed by atoms with E-state index >= 15 is 0 Å². The molecule has 0 aromatic carbocycles. The maximum Gasteiger partial charge on any atom is 0.305 e. The fourth-order valence-electron chi connectivity index (χ4n) is 11.5. The zero-order valence-corrected chi connectivity index (χ0v) is 53.6. The third kappa shape index (κ3) is 65.4. The molecule has 0 aromatic rings. The van der Waals surface area contributed by atoms with E-state index in [1.807, 2.05) is 6.08 Å². The lowest BCUT2D eigenvalue weighted by atomic mass is 10.0. The lowest BCUT2D eigenvalue weighted by molar-refractivity contribution is -0.143. The number of carbonyl (C=O) groups excluding carboxylic acids is 2. The van der Waals surface area contributed by atoms with E-state index in [0.29, 0.717) is 19.4 Å². The molecule has 0 aliphatic heterocycles. The van der Waals surface area contributed by atoms with Gasteiger partial charge in [-0.2, -0.15) is 0 Å². The van der Waals surface area contributed by atoms with Crippen molar-refractivity contribution in [3.8, 4) is 0 Å². The Balaban J connectivity index is 3.31. The van der Waals surface area contributed by atoms with Gasteiger partial charge in [-0.15, -0.1) is 0 Å². The van der Waals surface area contributed by atoms with E-state index in [9.17, 15) is 19.8 Å². The van der Waals surface area contributed by atoms with E-state index < -0.39 is 12.1 Å². The first kappa shape index (κ1) is 77.3. The number of ether oxygens (including phenoxy) is 1. The molecule has 2 atom stereocenters. The molecule has 468 valence electrons. The summed E-state index contributed by atoms with van der Waals surface area (Å²) in [5.41, 5.74) is 0. The summed E-state index contributed by atoms with van der Waals surface area (Å²) >= 11 is 0. The van der Waals surface area contributed by atoms with Crippen LogP contribution in [0.5, 0.6) is 0 Å². The van der Waals surface area contributed by atoms with Crippen molar-refractivity contribution >= 4 is 11.9 Å². The van der Waals surface area contributed by atoms with Crippen molar-refractivity contribution < 1.29 is 24.5 Å². The van der Waals surface area contributed by atoms with Crippen LogP contribution in [0, 0.1) is 0 Å². The summed E-state index contributed by atoms with van der Waals surface area (Å²) < 4.78 is 5.51. The van der Waals surface area contributed by atoms with E-state index in [-0.39, 0.29) is 18.5 Å². The van der Waals surface area contributed by atoms with Crippen LogP contribution in [0.4, 0.5) is 0 Å². The predicted octanol–water partition coefficient (Wildman–Crippen LogP) is 23.3. The third-order valence-corrected chi connectivity index (χ3v) is 17.0. The smallest absolute Gasteiger partial charge is 0.305 e. The van der Waals surface area contributed by atoms with Crippen molar-refractivity contribution in [2.45, 2.75) is 418 Å². The molecule has 0 heterocycles. The Bertz CT molecular complexity index is 1230. The molecule has 3 N–H and O–H groups in total. The Hall–Kier alpha value is -1.66. The molecule has 0 aliphatic rings. The number of aliphatic hydroxyl groups is 2. The molecule has 0 aromatic heterocycles. The largest absolute Gasteiger partial charge is 0.466 e. The number of allylic oxidation sites excluding steroid dienone is 3. The number of rotatable bonds is 68. The number of amides is 1. The van der Waals surface area contributed by atoms with Crippen molar-refractivity contribution in [1.82, 2.24) is 5.32 Å². The van der Waals surface area contributed by atoms with Crippen LogP contribution < -0.4 is 5.32 Å². The van der Waals surface area contributed by atoms with Gasteiger partial charge in [0, 0.05) is 12.8 Å². The number of nitrogens with one attached hydrogen (secondary N) is 1. The minimum absolute atomic E-state index is 0.0187. The van der Waals surface area contributed by atoms with Crippen molar-refractivity contribution in [2.24, 2.45) is 0 Å². The Kier molecular flexibility index (Phi) is 67.4. The van der Waals surface area contributed by atoms with Gasteiger partial charge in [0.2, 0.25) is 5.91 Å². The van der Waals surface area contributed by atoms with Crippen LogP contribution in [-0.2, 0) is 14.3 Å². The van der Waals surface area contributed by atoms with Crippen molar-refractivity contribution in [3.63, 3.8) is 0 Å². The number of hydrogen-bond acceptors (Lipinski definition) is 5. The number of aliphatic hydroxyl groups excluding tert-OH is 2. The summed E-state index contributed by atoms with van der Waals surface area (Å²) in [6.07, 6.45) is 87.1. The first-order valence-corrected chi connectivity index (χ1v) is 36.1. The van der Waals surface area contributed by atoms with Gasteiger partial charge in [-0.3, -0.25) is 9.59 Å². The second-order valence-electron chi connectivity index (χ2n) is 24.9. The normalized spacial score (nSPS) is 12.6. The van der Waals surface area contributed by atoms with E-state index in [1.54, 1.807) is 6.08 Å². The highest BCUT2D eigenvalue weighted by Crippen LogP contribution is 2.19. The molecule has 0 saturated heterocycles. The summed E-state index contributed by atoms with van der Waals surface area (Å²) in [4.78, 5) is 24.6. The molecule has 6 heteroatoms. The maximum absolute atomic E-state index is 12.5. The van der Waals surface area contributed by atoms with Gasteiger partial charge < -0.3 is 20.3 Å². The lowest BCUT2D eigenvalue weighted by Crippen LogP contribution is -2.45. The number of unbranched alkanes of at least 4 members (excludes halogenated alkanes) is 55. The quantitative estimate of drug-likeness (QED) is 0.0320. The minimum Gasteiger partial charge on any atom is -0.466 e. The highest BCUT2D eigenvalue weighted by molar-refractivity contribution is 5.76. The molecule has 2 unspecified atom stereocenters. The molecule has 1 amide bonds. The van der Waals surface area contributed by atoms with Crippen molar-refractivity contribution in [2.75, 3.05) is 13.2 Å². The number of esters is 1. The van der Waals surface area contributed by atoms with Gasteiger partial charge >= 0.3 is 5.97 Å². The van der Waals surface area contributed by atoms with E-state index in [1.165, 1.54) is 334 Å². The van der Waals surface area contributed by atoms with Gasteiger partial charge in [-0.25, -0.2) is 0 Å². The standard InChI is InChI=1S/C73H141NO5/c1-3-5-7-9-11-13-15-17-18-19-37-40-43-47-51-55-59-63-67-73(78)79-68-64-60-56-52-48-44-41-38-35-33-31-29-27-25-23-21-20-22-24-26-28-30-32-34-36-39-42-46-50-54-58-62-66-72(77)74-70(69-75)71(76)65-61-57-53-49-45-16-14-12-10-8-6-4-2/h18-19,61,65,70-71,75-76H,3-17,20-60,62-64,66-69H2,1-2H3,(H,74,77)/b19-18-,65-61+. The molecule has 6 nitrogen and oxygen atoms in total. The molecule has 0 aliphatic carbocycles. The lowest BCUT2D eigenvalue weighted by Gasteiger charge is -2.20. The van der Waals surface area contributed by atoms with E-state index in [4.69, 9.17) is 4.74 Å². The van der Waals surface area contributed by atoms with Crippen LogP contribution in [0.25, 0.3) is 0 Å². The van der Waals surface area contributed by atoms with Gasteiger partial charge in [0.15, 0.2) is 0 Å². The number of carbonyl (C=O) groups is 2. The molecule has 0 radical (unpaired) electrons. The fourth-order valence-corrected chi connectivity index (χ4v) is 11.5. The summed E-state index contributed by atoms with van der Waals surface area (Å²) in [5, 5.41) is 23.1. The van der Waals surface area contributed by atoms with Crippen LogP contribution in [0.3, 0.4) is 0 Å². The molecular formula is C73H141NO5. The Morgan fingerprint density at radius 3 is 0.899 bits per heavy atom. The van der Waals surface area contributed by atoms with Gasteiger partial charge in [0.25, 0.3) is 0 Å². The van der Waals surface area contributed by atoms with Crippen LogP contribution in [0.2, 0.25) is 0 Å². The number of hydrogen-bond donors (Lipinski definition) is 3. The Morgan fingerprint density at radius 1 is 0.342 bits per heavy atom. The molecule has 79 heavy (non-hydrogen) atoms. The highest BCUT2D eigenvalue weighted by atomic mass is 16.5. The summed E-state index contributed by atoms with van der Waals surface area (Å²) in [6, 6.07) is -0.623. The zero-order chi connectivity index (χ0) is 57.1. The Morgan fingerprint density at radius 2 is 0.595 bits per heavy atom. The average molecular weight is 1110 g/mol. The second kappa shape index (κ2) is 68.8. The molecule has 0 rings (SSSR count). The maximum atomic E-state index is 12.5. The SMILES string of the molecule is CCCCCCCCC/C=C\CCCCCCCCCC(=O)OCCCCCCCCCCCCCCCCCCCCCCCCCCCCCCCCCCC(=O)NC(CO)C(O)/C=C/CCCCCCCCCCCC. The molecule has 0 spiro atoms. The van der Waals surface area contributed by atoms with Gasteiger partial charge in [0.05, 0.1) is 25.4 Å². The molecular weight excluding hydrogens is 971 g/mol. The van der Waals surface area contributed by atoms with Crippen LogP contribution >= 0.6 is 0 Å². The van der Waals surface area contributed by atoms with E-state index in [2.05, 4.69) is 31.3 Å². The van der Waals surface area contributed by atoms with Gasteiger partial charge in [0.1, 0.15) is 0 Å². The van der Waals surface area contributed by atoms with Gasteiger partial charge in [-0.05, 0) is 57.8 Å². The van der Waals surface area contributed by atoms with Crippen LogP contribution in [0.1, 0.15) is 406 Å². The van der Waals surface area contributed by atoms with Crippen molar-refractivity contribution in [3.05, 3.63) is 24.3 Å². The summed E-state index contributed by atoms with van der Waals surface area (Å²) in [6.45, 7) is 4.93. The van der Waals surface area contributed by atoms with Crippen LogP contribution in [-0.4, -0.2) is 47.4 Å². The van der Waals surface area contributed by atoms with Gasteiger partial charge in [-0.1, -0.05) is 359 Å². The highest BCUT2D eigenvalue weighted by Gasteiger charge is 2.18. The van der Waals surface area contributed by atoms with Crippen molar-refractivity contribution in [1.29, 1.82) is 0 Å². The zero-order valence-electron chi connectivity index (χ0n) is 53.6. The third-order valence-electron chi connectivity index (χ3n) is 17.0. The molecule has 0 bridgehead atoms. The molecule has 0 saturated carbocycles. The monoisotopic (exact) mass is 1110 g/mol.